The van der Waals surface area contributed by atoms with Crippen molar-refractivity contribution >= 4 is 0 Å². The first-order valence-electron chi connectivity index (χ1n) is 5.70. The number of unbranched alkanes of at least 4 members (excludes halogenated alkanes) is 3. The van der Waals surface area contributed by atoms with E-state index in [2.05, 4.69) is 19.2 Å². The van der Waals surface area contributed by atoms with Gasteiger partial charge in [0, 0.05) is 6.54 Å². The van der Waals surface area contributed by atoms with E-state index in [1.54, 1.807) is 0 Å². The van der Waals surface area contributed by atoms with Crippen molar-refractivity contribution in [3.8, 4) is 0 Å². The Morgan fingerprint density at radius 3 is 2.46 bits per heavy atom. The summed E-state index contributed by atoms with van der Waals surface area (Å²) in [5.41, 5.74) is 0. The van der Waals surface area contributed by atoms with Crippen LogP contribution in [0, 0.1) is 0 Å². The Hall–Kier alpha value is -0.0800. The molecule has 0 radical (unpaired) electrons. The minimum absolute atomic E-state index is 0.142. The highest BCUT2D eigenvalue weighted by Gasteiger charge is 2.00. The largest absolute Gasteiger partial charge is 0.392 e. The molecule has 0 rings (SSSR count). The molecule has 0 saturated carbocycles. The van der Waals surface area contributed by atoms with Gasteiger partial charge in [-0.1, -0.05) is 39.5 Å². The number of aliphatic hydroxyl groups is 1. The third-order valence-electron chi connectivity index (χ3n) is 2.21. The maximum Gasteiger partial charge on any atom is 0.0664 e. The topological polar surface area (TPSA) is 32.3 Å². The van der Waals surface area contributed by atoms with Gasteiger partial charge in [0.15, 0.2) is 0 Å². The SMILES string of the molecule is CCCCCCNCC(O)CCC. The van der Waals surface area contributed by atoms with Gasteiger partial charge in [-0.25, -0.2) is 0 Å². The summed E-state index contributed by atoms with van der Waals surface area (Å²) in [5, 5.41) is 12.7. The number of hydrogen-bond acceptors (Lipinski definition) is 2. The van der Waals surface area contributed by atoms with Gasteiger partial charge in [0.05, 0.1) is 6.10 Å². The molecule has 0 bridgehead atoms. The van der Waals surface area contributed by atoms with Gasteiger partial charge in [0.1, 0.15) is 0 Å². The molecule has 2 nitrogen and oxygen atoms in total. The lowest BCUT2D eigenvalue weighted by Gasteiger charge is -2.10. The second-order valence-electron chi connectivity index (χ2n) is 3.71. The molecule has 0 aromatic carbocycles. The van der Waals surface area contributed by atoms with E-state index in [1.807, 2.05) is 0 Å². The van der Waals surface area contributed by atoms with E-state index in [9.17, 15) is 5.11 Å². The van der Waals surface area contributed by atoms with Gasteiger partial charge in [-0.2, -0.15) is 0 Å². The molecule has 0 aliphatic rings. The third kappa shape index (κ3) is 9.84. The normalized spacial score (nSPS) is 13.2. The Kier molecular flexibility index (Phi) is 9.94. The van der Waals surface area contributed by atoms with E-state index in [0.29, 0.717) is 0 Å². The summed E-state index contributed by atoms with van der Waals surface area (Å²) < 4.78 is 0. The molecule has 2 heteroatoms. The van der Waals surface area contributed by atoms with Crippen LogP contribution >= 0.6 is 0 Å². The first-order valence-corrected chi connectivity index (χ1v) is 5.70. The molecule has 0 heterocycles. The van der Waals surface area contributed by atoms with E-state index in [4.69, 9.17) is 0 Å². The molecule has 0 saturated heterocycles. The minimum atomic E-state index is -0.142. The fourth-order valence-corrected chi connectivity index (χ4v) is 1.38. The molecule has 0 fully saturated rings. The lowest BCUT2D eigenvalue weighted by Crippen LogP contribution is -2.27. The van der Waals surface area contributed by atoms with E-state index in [1.165, 1.54) is 25.7 Å². The summed E-state index contributed by atoms with van der Waals surface area (Å²) >= 11 is 0. The Morgan fingerprint density at radius 2 is 1.85 bits per heavy atom. The van der Waals surface area contributed by atoms with Crippen molar-refractivity contribution in [2.45, 2.75) is 58.5 Å². The highest BCUT2D eigenvalue weighted by molar-refractivity contribution is 4.58. The first kappa shape index (κ1) is 12.9. The summed E-state index contributed by atoms with van der Waals surface area (Å²) in [6, 6.07) is 0. The van der Waals surface area contributed by atoms with E-state index >= 15 is 0 Å². The van der Waals surface area contributed by atoms with Crippen LogP contribution in [0.4, 0.5) is 0 Å². The van der Waals surface area contributed by atoms with Gasteiger partial charge in [0.2, 0.25) is 0 Å². The molecular weight excluding hydrogens is 162 g/mol. The zero-order valence-corrected chi connectivity index (χ0v) is 9.18. The zero-order valence-electron chi connectivity index (χ0n) is 9.18. The van der Waals surface area contributed by atoms with Gasteiger partial charge < -0.3 is 10.4 Å². The molecule has 0 amide bonds. The Labute approximate surface area is 82.7 Å². The van der Waals surface area contributed by atoms with Gasteiger partial charge in [-0.15, -0.1) is 0 Å². The third-order valence-corrected chi connectivity index (χ3v) is 2.21. The van der Waals surface area contributed by atoms with Crippen LogP contribution in [0.2, 0.25) is 0 Å². The van der Waals surface area contributed by atoms with Crippen molar-refractivity contribution in [1.29, 1.82) is 0 Å². The first-order chi connectivity index (χ1) is 6.31. The maximum absolute atomic E-state index is 9.39. The molecule has 80 valence electrons. The predicted molar refractivity (Wildman–Crippen MR) is 57.9 cm³/mol. The Balaban J connectivity index is 2.97. The quantitative estimate of drug-likeness (QED) is 0.543. The second kappa shape index (κ2) is 10.0. The van der Waals surface area contributed by atoms with Gasteiger partial charge >= 0.3 is 0 Å². The molecule has 0 aromatic rings. The molecule has 2 N–H and O–H groups in total. The molecule has 0 aliphatic heterocycles. The van der Waals surface area contributed by atoms with Gasteiger partial charge in [0.25, 0.3) is 0 Å². The van der Waals surface area contributed by atoms with Crippen molar-refractivity contribution in [2.24, 2.45) is 0 Å². The van der Waals surface area contributed by atoms with Crippen LogP contribution in [0.5, 0.6) is 0 Å². The standard InChI is InChI=1S/C11H25NO/c1-3-5-6-7-9-12-10-11(13)8-4-2/h11-13H,3-10H2,1-2H3. The maximum atomic E-state index is 9.39. The summed E-state index contributed by atoms with van der Waals surface area (Å²) in [6.07, 6.45) is 7.02. The van der Waals surface area contributed by atoms with Crippen molar-refractivity contribution in [1.82, 2.24) is 5.32 Å². The van der Waals surface area contributed by atoms with Crippen molar-refractivity contribution in [2.75, 3.05) is 13.1 Å². The molecule has 0 aliphatic carbocycles. The van der Waals surface area contributed by atoms with Crippen molar-refractivity contribution in [3.63, 3.8) is 0 Å². The summed E-state index contributed by atoms with van der Waals surface area (Å²) in [5.74, 6) is 0. The second-order valence-corrected chi connectivity index (χ2v) is 3.71. The van der Waals surface area contributed by atoms with Crippen LogP contribution in [-0.4, -0.2) is 24.3 Å². The fraction of sp³-hybridized carbons (Fsp3) is 1.00. The van der Waals surface area contributed by atoms with Crippen molar-refractivity contribution < 1.29 is 5.11 Å². The number of aliphatic hydroxyl groups excluding tert-OH is 1. The van der Waals surface area contributed by atoms with Crippen LogP contribution in [0.15, 0.2) is 0 Å². The average molecular weight is 187 g/mol. The number of nitrogens with one attached hydrogen (secondary N) is 1. The van der Waals surface area contributed by atoms with Crippen LogP contribution in [0.25, 0.3) is 0 Å². The monoisotopic (exact) mass is 187 g/mol. The smallest absolute Gasteiger partial charge is 0.0664 e. The summed E-state index contributed by atoms with van der Waals surface area (Å²) in [4.78, 5) is 0. The van der Waals surface area contributed by atoms with Gasteiger partial charge in [-0.05, 0) is 19.4 Å². The summed E-state index contributed by atoms with van der Waals surface area (Å²) in [7, 11) is 0. The number of rotatable bonds is 9. The molecule has 0 aromatic heterocycles. The molecule has 0 spiro atoms. The van der Waals surface area contributed by atoms with Crippen LogP contribution < -0.4 is 5.32 Å². The molecule has 1 unspecified atom stereocenters. The highest BCUT2D eigenvalue weighted by atomic mass is 16.3. The van der Waals surface area contributed by atoms with Crippen LogP contribution in [-0.2, 0) is 0 Å². The number of hydrogen-bond donors (Lipinski definition) is 2. The average Bonchev–Trinajstić information content (AvgIpc) is 2.11. The van der Waals surface area contributed by atoms with Crippen molar-refractivity contribution in [3.05, 3.63) is 0 Å². The zero-order chi connectivity index (χ0) is 9.94. The minimum Gasteiger partial charge on any atom is -0.392 e. The van der Waals surface area contributed by atoms with E-state index in [-0.39, 0.29) is 6.10 Å². The van der Waals surface area contributed by atoms with Gasteiger partial charge in [-0.3, -0.25) is 0 Å². The Morgan fingerprint density at radius 1 is 1.08 bits per heavy atom. The van der Waals surface area contributed by atoms with E-state index < -0.39 is 0 Å². The highest BCUT2D eigenvalue weighted by Crippen LogP contribution is 1.98. The lowest BCUT2D eigenvalue weighted by molar-refractivity contribution is 0.161. The fourth-order valence-electron chi connectivity index (χ4n) is 1.38. The van der Waals surface area contributed by atoms with Crippen LogP contribution in [0.3, 0.4) is 0 Å². The molecular formula is C11H25NO. The lowest BCUT2D eigenvalue weighted by atomic mass is 10.2. The summed E-state index contributed by atoms with van der Waals surface area (Å²) in [6.45, 7) is 6.14. The molecule has 1 atom stereocenters. The Bertz CT molecular complexity index is 96.1. The van der Waals surface area contributed by atoms with Crippen LogP contribution in [0.1, 0.15) is 52.4 Å². The predicted octanol–water partition coefficient (Wildman–Crippen LogP) is 2.32. The van der Waals surface area contributed by atoms with E-state index in [0.717, 1.165) is 25.9 Å². The molecule has 13 heavy (non-hydrogen) atoms.